The second-order valence-electron chi connectivity index (χ2n) is 9.95. The second-order valence-corrected chi connectivity index (χ2v) is 12.2. The van der Waals surface area contributed by atoms with Crippen LogP contribution in [0.3, 0.4) is 0 Å². The van der Waals surface area contributed by atoms with Crippen LogP contribution >= 0.6 is 11.6 Å². The van der Waals surface area contributed by atoms with E-state index in [2.05, 4.69) is 5.32 Å². The molecule has 0 radical (unpaired) electrons. The van der Waals surface area contributed by atoms with Gasteiger partial charge in [-0.25, -0.2) is 8.42 Å². The third kappa shape index (κ3) is 6.99. The molecule has 1 N–H and O–H groups in total. The van der Waals surface area contributed by atoms with Crippen molar-refractivity contribution < 1.29 is 18.0 Å². The van der Waals surface area contributed by atoms with Crippen molar-refractivity contribution in [1.29, 1.82) is 0 Å². The fourth-order valence-electron chi connectivity index (χ4n) is 4.87. The Morgan fingerprint density at radius 1 is 0.974 bits per heavy atom. The second kappa shape index (κ2) is 12.7. The molecule has 3 aromatic rings. The predicted molar refractivity (Wildman–Crippen MR) is 154 cm³/mol. The van der Waals surface area contributed by atoms with Gasteiger partial charge in [0.2, 0.25) is 11.8 Å². The highest BCUT2D eigenvalue weighted by Gasteiger charge is 2.34. The lowest BCUT2D eigenvalue weighted by molar-refractivity contribution is -0.139. The first kappa shape index (κ1) is 28.6. The number of nitrogens with one attached hydrogen (secondary N) is 1. The van der Waals surface area contributed by atoms with Crippen molar-refractivity contribution in [3.63, 3.8) is 0 Å². The molecule has 2 amide bonds. The number of halogens is 1. The lowest BCUT2D eigenvalue weighted by atomic mass is 10.1. The summed E-state index contributed by atoms with van der Waals surface area (Å²) in [5.41, 5.74) is 2.06. The van der Waals surface area contributed by atoms with Gasteiger partial charge in [-0.1, -0.05) is 84.6 Å². The Morgan fingerprint density at radius 2 is 1.64 bits per heavy atom. The molecule has 0 heterocycles. The highest BCUT2D eigenvalue weighted by molar-refractivity contribution is 7.92. The number of anilines is 1. The number of sulfonamides is 1. The van der Waals surface area contributed by atoms with E-state index in [1.54, 1.807) is 49.4 Å². The normalized spacial score (nSPS) is 14.5. The molecule has 3 aromatic carbocycles. The Hall–Kier alpha value is -3.36. The maximum atomic E-state index is 14.0. The Kier molecular flexibility index (Phi) is 9.30. The summed E-state index contributed by atoms with van der Waals surface area (Å²) in [6.07, 6.45) is 3.96. The number of hydrogen-bond acceptors (Lipinski definition) is 4. The van der Waals surface area contributed by atoms with Crippen LogP contribution in [0.5, 0.6) is 0 Å². The zero-order valence-corrected chi connectivity index (χ0v) is 23.8. The highest BCUT2D eigenvalue weighted by atomic mass is 35.5. The Bertz CT molecular complexity index is 1410. The van der Waals surface area contributed by atoms with E-state index in [0.29, 0.717) is 0 Å². The van der Waals surface area contributed by atoms with Gasteiger partial charge in [0.1, 0.15) is 12.6 Å². The molecule has 1 atom stereocenters. The fourth-order valence-corrected chi connectivity index (χ4v) is 6.61. The molecule has 0 unspecified atom stereocenters. The van der Waals surface area contributed by atoms with E-state index in [1.807, 2.05) is 31.2 Å². The van der Waals surface area contributed by atoms with Crippen molar-refractivity contribution in [2.24, 2.45) is 0 Å². The molecule has 39 heavy (non-hydrogen) atoms. The molecule has 1 saturated carbocycles. The van der Waals surface area contributed by atoms with Crippen molar-refractivity contribution in [3.8, 4) is 0 Å². The van der Waals surface area contributed by atoms with Crippen LogP contribution in [-0.4, -0.2) is 43.8 Å². The zero-order valence-electron chi connectivity index (χ0n) is 22.2. The molecule has 0 aromatic heterocycles. The van der Waals surface area contributed by atoms with Crippen LogP contribution in [0, 0.1) is 6.92 Å². The van der Waals surface area contributed by atoms with Gasteiger partial charge in [0.15, 0.2) is 0 Å². The number of benzene rings is 3. The number of para-hydroxylation sites is 1. The van der Waals surface area contributed by atoms with Crippen molar-refractivity contribution in [1.82, 2.24) is 10.2 Å². The quantitative estimate of drug-likeness (QED) is 0.359. The van der Waals surface area contributed by atoms with Gasteiger partial charge in [0.05, 0.1) is 15.6 Å². The average molecular weight is 568 g/mol. The Balaban J connectivity index is 1.69. The first-order valence-electron chi connectivity index (χ1n) is 13.1. The minimum absolute atomic E-state index is 0.0370. The molecule has 9 heteroatoms. The van der Waals surface area contributed by atoms with Gasteiger partial charge in [-0.2, -0.15) is 0 Å². The van der Waals surface area contributed by atoms with Crippen molar-refractivity contribution in [2.75, 3.05) is 10.8 Å². The standard InChI is InChI=1S/C30H34ClN3O4S/c1-22-11-10-12-24(19-22)20-33(23(2)30(36)32-25-13-6-7-14-25)29(35)21-34(28-18-9-8-17-27(28)31)39(37,38)26-15-4-3-5-16-26/h3-5,8-12,15-19,23,25H,6-7,13-14,20-21H2,1-2H3,(H,32,36)/t23-/m0/s1. The topological polar surface area (TPSA) is 86.8 Å². The molecular formula is C30H34ClN3O4S. The number of hydrogen-bond donors (Lipinski definition) is 1. The lowest BCUT2D eigenvalue weighted by Gasteiger charge is -2.32. The third-order valence-corrected chi connectivity index (χ3v) is 9.13. The maximum absolute atomic E-state index is 14.0. The van der Waals surface area contributed by atoms with E-state index >= 15 is 0 Å². The summed E-state index contributed by atoms with van der Waals surface area (Å²) in [5, 5.41) is 3.27. The van der Waals surface area contributed by atoms with E-state index in [1.165, 1.54) is 17.0 Å². The monoisotopic (exact) mass is 567 g/mol. The van der Waals surface area contributed by atoms with E-state index < -0.39 is 28.5 Å². The minimum Gasteiger partial charge on any atom is -0.352 e. The molecule has 0 bridgehead atoms. The van der Waals surface area contributed by atoms with Crippen LogP contribution in [0.15, 0.2) is 83.8 Å². The Labute approximate surface area is 235 Å². The van der Waals surface area contributed by atoms with E-state index in [-0.39, 0.29) is 34.1 Å². The van der Waals surface area contributed by atoms with E-state index in [4.69, 9.17) is 11.6 Å². The fraction of sp³-hybridized carbons (Fsp3) is 0.333. The third-order valence-electron chi connectivity index (χ3n) is 7.04. The SMILES string of the molecule is Cc1cccc(CN(C(=O)CN(c2ccccc2Cl)S(=O)(=O)c2ccccc2)[C@@H](C)C(=O)NC2CCCC2)c1. The molecule has 0 spiro atoms. The minimum atomic E-state index is -4.15. The maximum Gasteiger partial charge on any atom is 0.264 e. The number of rotatable bonds is 10. The molecular weight excluding hydrogens is 534 g/mol. The molecule has 4 rings (SSSR count). The largest absolute Gasteiger partial charge is 0.352 e. The van der Waals surface area contributed by atoms with Gasteiger partial charge in [0, 0.05) is 12.6 Å². The molecule has 206 valence electrons. The first-order chi connectivity index (χ1) is 18.7. The molecule has 1 aliphatic carbocycles. The number of amides is 2. The number of carbonyl (C=O) groups is 2. The highest BCUT2D eigenvalue weighted by Crippen LogP contribution is 2.30. The van der Waals surface area contributed by atoms with Crippen molar-refractivity contribution in [2.45, 2.75) is 63.1 Å². The smallest absolute Gasteiger partial charge is 0.264 e. The summed E-state index contributed by atoms with van der Waals surface area (Å²) in [4.78, 5) is 28.7. The van der Waals surface area contributed by atoms with Crippen molar-refractivity contribution >= 4 is 39.1 Å². The number of carbonyl (C=O) groups excluding carboxylic acids is 2. The molecule has 0 saturated heterocycles. The number of aryl methyl sites for hydroxylation is 1. The lowest BCUT2D eigenvalue weighted by Crippen LogP contribution is -2.52. The van der Waals surface area contributed by atoms with E-state index in [0.717, 1.165) is 41.1 Å². The summed E-state index contributed by atoms with van der Waals surface area (Å²) >= 11 is 6.44. The molecule has 7 nitrogen and oxygen atoms in total. The average Bonchev–Trinajstić information content (AvgIpc) is 3.44. The van der Waals surface area contributed by atoms with Crippen LogP contribution in [0.2, 0.25) is 5.02 Å². The van der Waals surface area contributed by atoms with Crippen LogP contribution < -0.4 is 9.62 Å². The van der Waals surface area contributed by atoms with E-state index in [9.17, 15) is 18.0 Å². The van der Waals surface area contributed by atoms with Gasteiger partial charge in [0.25, 0.3) is 10.0 Å². The predicted octanol–water partition coefficient (Wildman–Crippen LogP) is 5.32. The van der Waals surface area contributed by atoms with Crippen LogP contribution in [0.4, 0.5) is 5.69 Å². The Morgan fingerprint density at radius 3 is 2.31 bits per heavy atom. The summed E-state index contributed by atoms with van der Waals surface area (Å²) in [6, 6.07) is 21.4. The van der Waals surface area contributed by atoms with Gasteiger partial charge < -0.3 is 10.2 Å². The van der Waals surface area contributed by atoms with Crippen molar-refractivity contribution in [3.05, 3.63) is 95.0 Å². The summed E-state index contributed by atoms with van der Waals surface area (Å²) in [7, 11) is -4.15. The van der Waals surface area contributed by atoms with Gasteiger partial charge in [-0.05, 0) is 56.5 Å². The van der Waals surface area contributed by atoms with Gasteiger partial charge in [-0.15, -0.1) is 0 Å². The summed E-state index contributed by atoms with van der Waals surface area (Å²) in [6.45, 7) is 3.27. The molecule has 1 fully saturated rings. The van der Waals surface area contributed by atoms with Crippen LogP contribution in [-0.2, 0) is 26.2 Å². The van der Waals surface area contributed by atoms with Gasteiger partial charge in [-0.3, -0.25) is 13.9 Å². The first-order valence-corrected chi connectivity index (χ1v) is 15.0. The zero-order chi connectivity index (χ0) is 28.0. The molecule has 1 aliphatic rings. The summed E-state index contributed by atoms with van der Waals surface area (Å²) in [5.74, 6) is -0.761. The number of nitrogens with zero attached hydrogens (tertiary/aromatic N) is 2. The molecule has 0 aliphatic heterocycles. The van der Waals surface area contributed by atoms with Gasteiger partial charge >= 0.3 is 0 Å². The summed E-state index contributed by atoms with van der Waals surface area (Å²) < 4.78 is 28.6. The van der Waals surface area contributed by atoms with Crippen LogP contribution in [0.25, 0.3) is 0 Å². The van der Waals surface area contributed by atoms with Crippen LogP contribution in [0.1, 0.15) is 43.7 Å².